The molecule has 0 saturated heterocycles. The van der Waals surface area contributed by atoms with Crippen LogP contribution in [0.25, 0.3) is 0 Å². The van der Waals surface area contributed by atoms with Crippen LogP contribution in [0, 0.1) is 5.92 Å². The predicted octanol–water partition coefficient (Wildman–Crippen LogP) is 2.06. The average molecular weight is 248 g/mol. The summed E-state index contributed by atoms with van der Waals surface area (Å²) in [5.41, 5.74) is 6.85. The topological polar surface area (TPSA) is 46.3 Å². The molecule has 0 spiro atoms. The smallest absolute Gasteiger partial charge is 0.222 e. The van der Waals surface area contributed by atoms with Crippen LogP contribution in [0.15, 0.2) is 30.3 Å². The monoisotopic (exact) mass is 248 g/mol. The maximum atomic E-state index is 11.8. The molecule has 1 aromatic rings. The van der Waals surface area contributed by atoms with Crippen LogP contribution >= 0.6 is 0 Å². The van der Waals surface area contributed by atoms with E-state index in [9.17, 15) is 4.79 Å². The average Bonchev–Trinajstić information content (AvgIpc) is 2.39. The standard InChI is InChI=1S/C15H24N2O/c1-13(12-16)11-15(18)17(2)10-6-9-14-7-4-3-5-8-14/h3-5,7-8,13H,6,9-12,16H2,1-2H3. The van der Waals surface area contributed by atoms with Crippen molar-refractivity contribution in [3.63, 3.8) is 0 Å². The number of hydrogen-bond acceptors (Lipinski definition) is 2. The van der Waals surface area contributed by atoms with Gasteiger partial charge < -0.3 is 10.6 Å². The molecule has 3 heteroatoms. The fraction of sp³-hybridized carbons (Fsp3) is 0.533. The van der Waals surface area contributed by atoms with E-state index in [1.165, 1.54) is 5.56 Å². The summed E-state index contributed by atoms with van der Waals surface area (Å²) < 4.78 is 0. The van der Waals surface area contributed by atoms with E-state index in [0.29, 0.717) is 13.0 Å². The third-order valence-corrected chi connectivity index (χ3v) is 3.15. The van der Waals surface area contributed by atoms with E-state index in [1.54, 1.807) is 0 Å². The molecule has 1 rings (SSSR count). The summed E-state index contributed by atoms with van der Waals surface area (Å²) in [6, 6.07) is 10.4. The fourth-order valence-corrected chi connectivity index (χ4v) is 1.83. The van der Waals surface area contributed by atoms with E-state index in [0.717, 1.165) is 19.4 Å². The van der Waals surface area contributed by atoms with Crippen LogP contribution < -0.4 is 5.73 Å². The maximum Gasteiger partial charge on any atom is 0.222 e. The number of benzene rings is 1. The molecule has 0 aliphatic heterocycles. The van der Waals surface area contributed by atoms with Crippen LogP contribution in [0.2, 0.25) is 0 Å². The van der Waals surface area contributed by atoms with Gasteiger partial charge in [0.2, 0.25) is 5.91 Å². The Kier molecular flexibility index (Phi) is 6.44. The summed E-state index contributed by atoms with van der Waals surface area (Å²) in [5.74, 6) is 0.468. The lowest BCUT2D eigenvalue weighted by atomic mass is 10.1. The first-order valence-corrected chi connectivity index (χ1v) is 6.61. The van der Waals surface area contributed by atoms with Gasteiger partial charge in [-0.2, -0.15) is 0 Å². The predicted molar refractivity (Wildman–Crippen MR) is 75.2 cm³/mol. The molecule has 1 aromatic carbocycles. The summed E-state index contributed by atoms with van der Waals surface area (Å²) >= 11 is 0. The SMILES string of the molecule is CC(CN)CC(=O)N(C)CCCc1ccccc1. The number of hydrogen-bond donors (Lipinski definition) is 1. The second-order valence-electron chi connectivity index (χ2n) is 4.95. The molecule has 0 aromatic heterocycles. The number of carbonyl (C=O) groups excluding carboxylic acids is 1. The molecule has 0 aliphatic rings. The van der Waals surface area contributed by atoms with Crippen molar-refractivity contribution in [2.24, 2.45) is 11.7 Å². The molecule has 100 valence electrons. The molecule has 0 fully saturated rings. The molecule has 1 amide bonds. The van der Waals surface area contributed by atoms with Gasteiger partial charge in [-0.05, 0) is 30.9 Å². The molecule has 1 atom stereocenters. The van der Waals surface area contributed by atoms with Gasteiger partial charge in [-0.25, -0.2) is 0 Å². The zero-order chi connectivity index (χ0) is 13.4. The van der Waals surface area contributed by atoms with E-state index >= 15 is 0 Å². The van der Waals surface area contributed by atoms with Crippen molar-refractivity contribution < 1.29 is 4.79 Å². The largest absolute Gasteiger partial charge is 0.346 e. The summed E-state index contributed by atoms with van der Waals surface area (Å²) in [5, 5.41) is 0. The Labute approximate surface area is 110 Å². The van der Waals surface area contributed by atoms with Crippen molar-refractivity contribution in [1.29, 1.82) is 0 Å². The Hall–Kier alpha value is -1.35. The van der Waals surface area contributed by atoms with E-state index in [4.69, 9.17) is 5.73 Å². The number of rotatable bonds is 7. The molecule has 0 bridgehead atoms. The van der Waals surface area contributed by atoms with Crippen molar-refractivity contribution in [2.75, 3.05) is 20.1 Å². The highest BCUT2D eigenvalue weighted by molar-refractivity contribution is 5.76. The van der Waals surface area contributed by atoms with Gasteiger partial charge in [0.25, 0.3) is 0 Å². The van der Waals surface area contributed by atoms with Gasteiger partial charge in [-0.15, -0.1) is 0 Å². The minimum Gasteiger partial charge on any atom is -0.346 e. The van der Waals surface area contributed by atoms with Gasteiger partial charge in [-0.1, -0.05) is 37.3 Å². The molecule has 18 heavy (non-hydrogen) atoms. The normalized spacial score (nSPS) is 12.2. The van der Waals surface area contributed by atoms with Crippen molar-refractivity contribution >= 4 is 5.91 Å². The molecular formula is C15H24N2O. The number of nitrogens with two attached hydrogens (primary N) is 1. The third kappa shape index (κ3) is 5.32. The molecule has 1 unspecified atom stereocenters. The first-order chi connectivity index (χ1) is 8.63. The van der Waals surface area contributed by atoms with Crippen molar-refractivity contribution in [3.05, 3.63) is 35.9 Å². The number of aryl methyl sites for hydroxylation is 1. The zero-order valence-corrected chi connectivity index (χ0v) is 11.4. The molecular weight excluding hydrogens is 224 g/mol. The molecule has 3 nitrogen and oxygen atoms in total. The Balaban J connectivity index is 2.24. The molecule has 0 heterocycles. The number of amides is 1. The first-order valence-electron chi connectivity index (χ1n) is 6.61. The Morgan fingerprint density at radius 3 is 2.61 bits per heavy atom. The lowest BCUT2D eigenvalue weighted by molar-refractivity contribution is -0.130. The highest BCUT2D eigenvalue weighted by Crippen LogP contribution is 2.06. The van der Waals surface area contributed by atoms with Crippen molar-refractivity contribution in [3.8, 4) is 0 Å². The fourth-order valence-electron chi connectivity index (χ4n) is 1.83. The summed E-state index contributed by atoms with van der Waals surface area (Å²) in [6.07, 6.45) is 2.58. The Morgan fingerprint density at radius 2 is 2.00 bits per heavy atom. The van der Waals surface area contributed by atoms with Crippen LogP contribution in [-0.2, 0) is 11.2 Å². The second kappa shape index (κ2) is 7.88. The molecule has 2 N–H and O–H groups in total. The van der Waals surface area contributed by atoms with E-state index in [-0.39, 0.29) is 11.8 Å². The van der Waals surface area contributed by atoms with Crippen LogP contribution in [0.1, 0.15) is 25.3 Å². The Bertz CT molecular complexity index is 351. The number of nitrogens with zero attached hydrogens (tertiary/aromatic N) is 1. The maximum absolute atomic E-state index is 11.8. The zero-order valence-electron chi connectivity index (χ0n) is 11.4. The summed E-state index contributed by atoms with van der Waals surface area (Å²) in [6.45, 7) is 3.39. The molecule has 0 radical (unpaired) electrons. The minimum absolute atomic E-state index is 0.195. The van der Waals surface area contributed by atoms with Gasteiger partial charge in [0.15, 0.2) is 0 Å². The first kappa shape index (κ1) is 14.7. The van der Waals surface area contributed by atoms with Crippen molar-refractivity contribution in [2.45, 2.75) is 26.2 Å². The quantitative estimate of drug-likeness (QED) is 0.803. The minimum atomic E-state index is 0.195. The lowest BCUT2D eigenvalue weighted by Crippen LogP contribution is -2.30. The number of carbonyl (C=O) groups is 1. The Morgan fingerprint density at radius 1 is 1.33 bits per heavy atom. The second-order valence-corrected chi connectivity index (χ2v) is 4.95. The highest BCUT2D eigenvalue weighted by atomic mass is 16.2. The van der Waals surface area contributed by atoms with E-state index in [1.807, 2.05) is 37.1 Å². The van der Waals surface area contributed by atoms with E-state index in [2.05, 4.69) is 12.1 Å². The van der Waals surface area contributed by atoms with Crippen LogP contribution in [0.5, 0.6) is 0 Å². The summed E-state index contributed by atoms with van der Waals surface area (Å²) in [4.78, 5) is 13.6. The van der Waals surface area contributed by atoms with Crippen LogP contribution in [0.4, 0.5) is 0 Å². The van der Waals surface area contributed by atoms with Gasteiger partial charge in [0.05, 0.1) is 0 Å². The van der Waals surface area contributed by atoms with Crippen LogP contribution in [-0.4, -0.2) is 30.9 Å². The molecule has 0 saturated carbocycles. The van der Waals surface area contributed by atoms with Gasteiger partial charge in [-0.3, -0.25) is 4.79 Å². The lowest BCUT2D eigenvalue weighted by Gasteiger charge is -2.19. The van der Waals surface area contributed by atoms with Crippen molar-refractivity contribution in [1.82, 2.24) is 4.90 Å². The highest BCUT2D eigenvalue weighted by Gasteiger charge is 2.11. The van der Waals surface area contributed by atoms with Crippen LogP contribution in [0.3, 0.4) is 0 Å². The van der Waals surface area contributed by atoms with Gasteiger partial charge in [0, 0.05) is 20.0 Å². The third-order valence-electron chi connectivity index (χ3n) is 3.15. The molecule has 0 aliphatic carbocycles. The summed E-state index contributed by atoms with van der Waals surface area (Å²) in [7, 11) is 1.87. The van der Waals surface area contributed by atoms with Gasteiger partial charge in [0.1, 0.15) is 0 Å². The van der Waals surface area contributed by atoms with E-state index < -0.39 is 0 Å². The van der Waals surface area contributed by atoms with Gasteiger partial charge >= 0.3 is 0 Å².